The molecule has 2 N–H and O–H groups in total. The fraction of sp³-hybridized carbons (Fsp3) is 0.364. The molecule has 0 unspecified atom stereocenters. The third kappa shape index (κ3) is 2.96. The Morgan fingerprint density at radius 2 is 2.22 bits per heavy atom. The fourth-order valence-electron chi connectivity index (χ4n) is 1.63. The lowest BCUT2D eigenvalue weighted by atomic mass is 9.88. The molecule has 0 saturated carbocycles. The number of carbonyl (C=O) groups excluding carboxylic acids is 1. The number of carbonyl (C=O) groups is 1. The van der Waals surface area contributed by atoms with Crippen molar-refractivity contribution in [2.45, 2.75) is 18.9 Å². The summed E-state index contributed by atoms with van der Waals surface area (Å²) in [5, 5.41) is 11.0. The number of nitrogens with two attached hydrogens (primary N) is 1. The van der Waals surface area contributed by atoms with Gasteiger partial charge in [0.25, 0.3) is 5.69 Å². The van der Waals surface area contributed by atoms with Crippen molar-refractivity contribution < 1.29 is 14.5 Å². The smallest absolute Gasteiger partial charge is 0.307 e. The van der Waals surface area contributed by atoms with Crippen molar-refractivity contribution in [3.63, 3.8) is 0 Å². The van der Waals surface area contributed by atoms with E-state index in [0.717, 1.165) is 0 Å². The predicted molar refractivity (Wildman–Crippen MR) is 66.3 cm³/mol. The van der Waals surface area contributed by atoms with E-state index in [4.69, 9.17) is 17.3 Å². The molecular formula is C11H13ClN2O4. The van der Waals surface area contributed by atoms with Gasteiger partial charge in [-0.3, -0.25) is 14.9 Å². The molecule has 1 aromatic carbocycles. The standard InChI is InChI=1S/C11H13ClN2O4/c1-11(13,6-9(15)18-2)7-4-3-5-8(12)10(7)14(16)17/h3-5H,6,13H2,1-2H3/t11-/m0/s1. The lowest BCUT2D eigenvalue weighted by Crippen LogP contribution is -2.36. The first kappa shape index (κ1) is 14.4. The van der Waals surface area contributed by atoms with Crippen LogP contribution >= 0.6 is 11.6 Å². The topological polar surface area (TPSA) is 95.5 Å². The Hall–Kier alpha value is -1.66. The molecule has 0 radical (unpaired) electrons. The summed E-state index contributed by atoms with van der Waals surface area (Å²) >= 11 is 5.79. The first-order chi connectivity index (χ1) is 8.29. The number of hydrogen-bond acceptors (Lipinski definition) is 5. The number of benzene rings is 1. The van der Waals surface area contributed by atoms with Gasteiger partial charge in [-0.1, -0.05) is 23.7 Å². The van der Waals surface area contributed by atoms with Gasteiger partial charge in [0, 0.05) is 0 Å². The van der Waals surface area contributed by atoms with Crippen LogP contribution in [0.5, 0.6) is 0 Å². The summed E-state index contributed by atoms with van der Waals surface area (Å²) in [4.78, 5) is 21.6. The number of methoxy groups -OCH3 is 1. The molecule has 6 nitrogen and oxygen atoms in total. The first-order valence-electron chi connectivity index (χ1n) is 5.08. The number of nitrogens with zero attached hydrogens (tertiary/aromatic N) is 1. The molecule has 1 atom stereocenters. The number of hydrogen-bond donors (Lipinski definition) is 1. The molecule has 0 amide bonds. The molecule has 1 rings (SSSR count). The van der Waals surface area contributed by atoms with Crippen molar-refractivity contribution in [1.82, 2.24) is 0 Å². The van der Waals surface area contributed by atoms with Gasteiger partial charge < -0.3 is 10.5 Å². The zero-order chi connectivity index (χ0) is 13.9. The normalized spacial score (nSPS) is 13.8. The van der Waals surface area contributed by atoms with E-state index in [1.165, 1.54) is 26.2 Å². The monoisotopic (exact) mass is 272 g/mol. The van der Waals surface area contributed by atoms with Crippen molar-refractivity contribution in [1.29, 1.82) is 0 Å². The minimum absolute atomic E-state index is 0.0148. The summed E-state index contributed by atoms with van der Waals surface area (Å²) in [6.45, 7) is 1.52. The summed E-state index contributed by atoms with van der Waals surface area (Å²) in [6.07, 6.45) is -0.176. The van der Waals surface area contributed by atoms with Crippen LogP contribution in [0.15, 0.2) is 18.2 Å². The highest BCUT2D eigenvalue weighted by Crippen LogP contribution is 2.35. The minimum Gasteiger partial charge on any atom is -0.469 e. The zero-order valence-electron chi connectivity index (χ0n) is 9.97. The van der Waals surface area contributed by atoms with E-state index in [0.29, 0.717) is 0 Å². The van der Waals surface area contributed by atoms with Crippen LogP contribution in [0.25, 0.3) is 0 Å². The Balaban J connectivity index is 3.27. The Labute approximate surface area is 109 Å². The number of para-hydroxylation sites is 1. The summed E-state index contributed by atoms with van der Waals surface area (Å²) in [5.41, 5.74) is 4.65. The number of esters is 1. The summed E-state index contributed by atoms with van der Waals surface area (Å²) in [5.74, 6) is -0.547. The van der Waals surface area contributed by atoms with E-state index >= 15 is 0 Å². The number of ether oxygens (including phenoxy) is 1. The molecule has 0 spiro atoms. The zero-order valence-corrected chi connectivity index (χ0v) is 10.7. The average Bonchev–Trinajstić information content (AvgIpc) is 2.27. The molecule has 18 heavy (non-hydrogen) atoms. The summed E-state index contributed by atoms with van der Waals surface area (Å²) in [6, 6.07) is 4.43. The van der Waals surface area contributed by atoms with Crippen LogP contribution in [0, 0.1) is 10.1 Å². The molecule has 0 saturated heterocycles. The van der Waals surface area contributed by atoms with Crippen LogP contribution in [0.4, 0.5) is 5.69 Å². The SMILES string of the molecule is COC(=O)C[C@](C)(N)c1cccc(Cl)c1[N+](=O)[O-]. The highest BCUT2D eigenvalue weighted by atomic mass is 35.5. The quantitative estimate of drug-likeness (QED) is 0.514. The van der Waals surface area contributed by atoms with Crippen LogP contribution in [0.3, 0.4) is 0 Å². The van der Waals surface area contributed by atoms with Crippen molar-refractivity contribution in [2.75, 3.05) is 7.11 Å². The van der Waals surface area contributed by atoms with Gasteiger partial charge in [-0.25, -0.2) is 0 Å². The number of rotatable bonds is 4. The number of nitro benzene ring substituents is 1. The van der Waals surface area contributed by atoms with Gasteiger partial charge in [0.05, 0.1) is 29.6 Å². The molecule has 0 bridgehead atoms. The predicted octanol–water partition coefficient (Wildman–Crippen LogP) is 1.99. The lowest BCUT2D eigenvalue weighted by molar-refractivity contribution is -0.385. The molecule has 0 heterocycles. The first-order valence-corrected chi connectivity index (χ1v) is 5.46. The molecule has 1 aromatic rings. The molecule has 0 aliphatic carbocycles. The third-order valence-electron chi connectivity index (χ3n) is 2.52. The molecule has 0 aliphatic heterocycles. The summed E-state index contributed by atoms with van der Waals surface area (Å²) in [7, 11) is 1.23. The third-order valence-corrected chi connectivity index (χ3v) is 2.83. The van der Waals surface area contributed by atoms with Crippen molar-refractivity contribution in [3.05, 3.63) is 38.9 Å². The maximum absolute atomic E-state index is 11.3. The van der Waals surface area contributed by atoms with E-state index in [9.17, 15) is 14.9 Å². The largest absolute Gasteiger partial charge is 0.469 e. The van der Waals surface area contributed by atoms with Gasteiger partial charge in [0.15, 0.2) is 0 Å². The number of halogens is 1. The van der Waals surface area contributed by atoms with Crippen LogP contribution in [-0.2, 0) is 15.1 Å². The van der Waals surface area contributed by atoms with Gasteiger partial charge in [-0.15, -0.1) is 0 Å². The molecule has 0 aromatic heterocycles. The van der Waals surface area contributed by atoms with Crippen molar-refractivity contribution >= 4 is 23.3 Å². The van der Waals surface area contributed by atoms with Gasteiger partial charge in [0.2, 0.25) is 0 Å². The molecule has 0 aliphatic rings. The second-order valence-electron chi connectivity index (χ2n) is 4.06. The molecule has 7 heteroatoms. The van der Waals surface area contributed by atoms with E-state index in [2.05, 4.69) is 4.74 Å². The molecule has 98 valence electrons. The highest BCUT2D eigenvalue weighted by Gasteiger charge is 2.33. The van der Waals surface area contributed by atoms with Crippen LogP contribution in [0.2, 0.25) is 5.02 Å². The van der Waals surface area contributed by atoms with Crippen molar-refractivity contribution in [2.24, 2.45) is 5.73 Å². The van der Waals surface area contributed by atoms with E-state index < -0.39 is 16.4 Å². The van der Waals surface area contributed by atoms with Crippen LogP contribution < -0.4 is 5.73 Å². The van der Waals surface area contributed by atoms with Crippen molar-refractivity contribution in [3.8, 4) is 0 Å². The second-order valence-corrected chi connectivity index (χ2v) is 4.47. The number of nitro groups is 1. The highest BCUT2D eigenvalue weighted by molar-refractivity contribution is 6.32. The maximum Gasteiger partial charge on any atom is 0.307 e. The van der Waals surface area contributed by atoms with Gasteiger partial charge in [0.1, 0.15) is 5.02 Å². The molecule has 0 fully saturated rings. The van der Waals surface area contributed by atoms with Crippen LogP contribution in [-0.4, -0.2) is 18.0 Å². The van der Waals surface area contributed by atoms with Crippen LogP contribution in [0.1, 0.15) is 18.9 Å². The summed E-state index contributed by atoms with van der Waals surface area (Å²) < 4.78 is 4.52. The van der Waals surface area contributed by atoms with E-state index in [1.807, 2.05) is 0 Å². The Morgan fingerprint density at radius 3 is 2.72 bits per heavy atom. The lowest BCUT2D eigenvalue weighted by Gasteiger charge is -2.23. The Kier molecular flexibility index (Phi) is 4.26. The average molecular weight is 273 g/mol. The van der Waals surface area contributed by atoms with Gasteiger partial charge >= 0.3 is 5.97 Å². The fourth-order valence-corrected chi connectivity index (χ4v) is 1.87. The Morgan fingerprint density at radius 1 is 1.61 bits per heavy atom. The van der Waals surface area contributed by atoms with E-state index in [1.54, 1.807) is 6.07 Å². The van der Waals surface area contributed by atoms with Gasteiger partial charge in [-0.2, -0.15) is 0 Å². The van der Waals surface area contributed by atoms with E-state index in [-0.39, 0.29) is 22.7 Å². The molecular weight excluding hydrogens is 260 g/mol. The second kappa shape index (κ2) is 5.32. The minimum atomic E-state index is -1.22. The Bertz CT molecular complexity index is 488. The maximum atomic E-state index is 11.3. The van der Waals surface area contributed by atoms with Gasteiger partial charge in [-0.05, 0) is 13.0 Å².